The number of benzene rings is 1. The summed E-state index contributed by atoms with van der Waals surface area (Å²) in [6, 6.07) is 4.88. The summed E-state index contributed by atoms with van der Waals surface area (Å²) < 4.78 is 5.54. The van der Waals surface area contributed by atoms with Crippen molar-refractivity contribution in [2.45, 2.75) is 26.0 Å². The first-order valence-corrected chi connectivity index (χ1v) is 6.45. The smallest absolute Gasteiger partial charge is 0.254 e. The normalized spacial score (nSPS) is 21.2. The number of morpholine rings is 1. The highest BCUT2D eigenvalue weighted by molar-refractivity contribution is 5.96. The van der Waals surface area contributed by atoms with Crippen molar-refractivity contribution in [1.82, 2.24) is 4.90 Å². The van der Waals surface area contributed by atoms with Crippen LogP contribution in [0.3, 0.4) is 0 Å². The Hall–Kier alpha value is -1.59. The predicted octanol–water partition coefficient (Wildman–Crippen LogP) is 0.889. The monoisotopic (exact) mass is 264 g/mol. The van der Waals surface area contributed by atoms with Gasteiger partial charge in [-0.15, -0.1) is 0 Å². The summed E-state index contributed by atoms with van der Waals surface area (Å²) in [4.78, 5) is 14.2. The molecule has 0 bridgehead atoms. The molecule has 1 saturated heterocycles. The number of phenolic OH excluding ortho intramolecular Hbond substituents is 1. The molecular weight excluding hydrogens is 244 g/mol. The van der Waals surface area contributed by atoms with Gasteiger partial charge >= 0.3 is 0 Å². The van der Waals surface area contributed by atoms with Gasteiger partial charge in [0, 0.05) is 30.3 Å². The first-order chi connectivity index (χ1) is 9.00. The average molecular weight is 264 g/mol. The zero-order valence-electron chi connectivity index (χ0n) is 11.3. The SMILES string of the molecule is Cc1c(O)cccc1C(=O)N1CCOC(C(C)N)C1. The molecule has 1 amide bonds. The summed E-state index contributed by atoms with van der Waals surface area (Å²) in [6.07, 6.45) is -0.129. The van der Waals surface area contributed by atoms with Crippen LogP contribution in [0.2, 0.25) is 0 Å². The van der Waals surface area contributed by atoms with Crippen molar-refractivity contribution < 1.29 is 14.6 Å². The van der Waals surface area contributed by atoms with Gasteiger partial charge in [0.15, 0.2) is 0 Å². The van der Waals surface area contributed by atoms with Gasteiger partial charge in [0.25, 0.3) is 5.91 Å². The van der Waals surface area contributed by atoms with Gasteiger partial charge in [0.05, 0.1) is 12.7 Å². The van der Waals surface area contributed by atoms with Gasteiger partial charge in [-0.2, -0.15) is 0 Å². The van der Waals surface area contributed by atoms with Crippen molar-refractivity contribution >= 4 is 5.91 Å². The van der Waals surface area contributed by atoms with E-state index in [4.69, 9.17) is 10.5 Å². The van der Waals surface area contributed by atoms with E-state index in [1.165, 1.54) is 0 Å². The van der Waals surface area contributed by atoms with E-state index >= 15 is 0 Å². The lowest BCUT2D eigenvalue weighted by Crippen LogP contribution is -2.51. The summed E-state index contributed by atoms with van der Waals surface area (Å²) in [5.74, 6) is 0.0604. The number of hydrogen-bond acceptors (Lipinski definition) is 4. The van der Waals surface area contributed by atoms with Crippen molar-refractivity contribution in [3.05, 3.63) is 29.3 Å². The average Bonchev–Trinajstić information content (AvgIpc) is 2.41. The molecule has 0 saturated carbocycles. The van der Waals surface area contributed by atoms with Gasteiger partial charge in [0.1, 0.15) is 5.75 Å². The van der Waals surface area contributed by atoms with Crippen LogP contribution in [-0.4, -0.2) is 47.8 Å². The first kappa shape index (κ1) is 13.8. The lowest BCUT2D eigenvalue weighted by Gasteiger charge is -2.35. The molecule has 1 heterocycles. The number of rotatable bonds is 2. The largest absolute Gasteiger partial charge is 0.508 e. The van der Waals surface area contributed by atoms with Gasteiger partial charge in [-0.05, 0) is 26.0 Å². The fourth-order valence-corrected chi connectivity index (χ4v) is 2.20. The molecule has 19 heavy (non-hydrogen) atoms. The maximum absolute atomic E-state index is 12.5. The van der Waals surface area contributed by atoms with Crippen LogP contribution in [0.4, 0.5) is 0 Å². The molecule has 1 aliphatic heterocycles. The maximum atomic E-state index is 12.5. The second-order valence-corrected chi connectivity index (χ2v) is 4.97. The van der Waals surface area contributed by atoms with Crippen molar-refractivity contribution in [1.29, 1.82) is 0 Å². The summed E-state index contributed by atoms with van der Waals surface area (Å²) >= 11 is 0. The van der Waals surface area contributed by atoms with E-state index in [9.17, 15) is 9.90 Å². The number of carbonyl (C=O) groups excluding carboxylic acids is 1. The van der Waals surface area contributed by atoms with Gasteiger partial charge in [-0.3, -0.25) is 4.79 Å². The number of amides is 1. The Morgan fingerprint density at radius 2 is 2.32 bits per heavy atom. The van der Waals surface area contributed by atoms with Gasteiger partial charge in [0.2, 0.25) is 0 Å². The predicted molar refractivity (Wildman–Crippen MR) is 72.1 cm³/mol. The second-order valence-electron chi connectivity index (χ2n) is 4.97. The molecule has 1 aliphatic rings. The molecule has 2 atom stereocenters. The van der Waals surface area contributed by atoms with E-state index in [0.29, 0.717) is 30.8 Å². The number of aromatic hydroxyl groups is 1. The van der Waals surface area contributed by atoms with Crippen LogP contribution < -0.4 is 5.73 Å². The third kappa shape index (κ3) is 2.88. The Morgan fingerprint density at radius 3 is 3.00 bits per heavy atom. The van der Waals surface area contributed by atoms with E-state index in [1.54, 1.807) is 30.0 Å². The van der Waals surface area contributed by atoms with Gasteiger partial charge < -0.3 is 20.5 Å². The Balaban J connectivity index is 2.17. The van der Waals surface area contributed by atoms with E-state index in [1.807, 2.05) is 6.92 Å². The number of ether oxygens (including phenoxy) is 1. The molecule has 3 N–H and O–H groups in total. The fraction of sp³-hybridized carbons (Fsp3) is 0.500. The Labute approximate surface area is 113 Å². The van der Waals surface area contributed by atoms with Crippen LogP contribution in [0.25, 0.3) is 0 Å². The number of hydrogen-bond donors (Lipinski definition) is 2. The maximum Gasteiger partial charge on any atom is 0.254 e. The molecule has 5 heteroatoms. The number of carbonyl (C=O) groups is 1. The van der Waals surface area contributed by atoms with E-state index in [-0.39, 0.29) is 23.8 Å². The van der Waals surface area contributed by atoms with Crippen molar-refractivity contribution in [3.8, 4) is 5.75 Å². The lowest BCUT2D eigenvalue weighted by molar-refractivity contribution is -0.0300. The van der Waals surface area contributed by atoms with E-state index < -0.39 is 0 Å². The van der Waals surface area contributed by atoms with Crippen molar-refractivity contribution in [3.63, 3.8) is 0 Å². The standard InChI is InChI=1S/C14H20N2O3/c1-9-11(4-3-5-12(9)17)14(18)16-6-7-19-13(8-16)10(2)15/h3-5,10,13,17H,6-8,15H2,1-2H3. The van der Waals surface area contributed by atoms with Gasteiger partial charge in [-0.1, -0.05) is 6.07 Å². The minimum absolute atomic E-state index is 0.0812. The zero-order chi connectivity index (χ0) is 14.0. The van der Waals surface area contributed by atoms with Crippen LogP contribution in [0.15, 0.2) is 18.2 Å². The van der Waals surface area contributed by atoms with Crippen molar-refractivity contribution in [2.75, 3.05) is 19.7 Å². The molecule has 1 aromatic rings. The third-order valence-corrected chi connectivity index (χ3v) is 3.50. The topological polar surface area (TPSA) is 75.8 Å². The second kappa shape index (κ2) is 5.59. The van der Waals surface area contributed by atoms with Crippen LogP contribution in [0, 0.1) is 6.92 Å². The Kier molecular flexibility index (Phi) is 4.07. The molecule has 0 aromatic heterocycles. The van der Waals surface area contributed by atoms with Crippen LogP contribution >= 0.6 is 0 Å². The molecule has 2 unspecified atom stereocenters. The molecule has 0 spiro atoms. The zero-order valence-corrected chi connectivity index (χ0v) is 11.3. The summed E-state index contributed by atoms with van der Waals surface area (Å²) in [5, 5.41) is 9.67. The Bertz CT molecular complexity index is 474. The van der Waals surface area contributed by atoms with Crippen LogP contribution in [0.5, 0.6) is 5.75 Å². The summed E-state index contributed by atoms with van der Waals surface area (Å²) in [6.45, 7) is 5.16. The molecule has 5 nitrogen and oxygen atoms in total. The fourth-order valence-electron chi connectivity index (χ4n) is 2.20. The van der Waals surface area contributed by atoms with Crippen LogP contribution in [-0.2, 0) is 4.74 Å². The highest BCUT2D eigenvalue weighted by Crippen LogP contribution is 2.22. The van der Waals surface area contributed by atoms with Gasteiger partial charge in [-0.25, -0.2) is 0 Å². The third-order valence-electron chi connectivity index (χ3n) is 3.50. The Morgan fingerprint density at radius 1 is 1.58 bits per heavy atom. The highest BCUT2D eigenvalue weighted by atomic mass is 16.5. The number of nitrogens with two attached hydrogens (primary N) is 1. The summed E-state index contributed by atoms with van der Waals surface area (Å²) in [7, 11) is 0. The quantitative estimate of drug-likeness (QED) is 0.831. The molecule has 0 radical (unpaired) electrons. The van der Waals surface area contributed by atoms with Crippen LogP contribution in [0.1, 0.15) is 22.8 Å². The molecular formula is C14H20N2O3. The van der Waals surface area contributed by atoms with E-state index in [2.05, 4.69) is 0 Å². The number of phenols is 1. The highest BCUT2D eigenvalue weighted by Gasteiger charge is 2.28. The molecule has 104 valence electrons. The minimum Gasteiger partial charge on any atom is -0.508 e. The molecule has 2 rings (SSSR count). The van der Waals surface area contributed by atoms with Crippen molar-refractivity contribution in [2.24, 2.45) is 5.73 Å². The summed E-state index contributed by atoms with van der Waals surface area (Å²) in [5.41, 5.74) is 6.96. The number of nitrogens with zero attached hydrogens (tertiary/aromatic N) is 1. The van der Waals surface area contributed by atoms with E-state index in [0.717, 1.165) is 0 Å². The lowest BCUT2D eigenvalue weighted by atomic mass is 10.1. The molecule has 0 aliphatic carbocycles. The molecule has 1 aromatic carbocycles. The molecule has 1 fully saturated rings. The minimum atomic E-state index is -0.129. The first-order valence-electron chi connectivity index (χ1n) is 6.45.